The Kier molecular flexibility index (Phi) is 3.70. The smallest absolute Gasteiger partial charge is 0.290 e. The first-order valence-electron chi connectivity index (χ1n) is 5.87. The Balaban J connectivity index is 2.16. The number of nitro groups is 1. The van der Waals surface area contributed by atoms with Gasteiger partial charge in [-0.15, -0.1) is 0 Å². The molecule has 6 heteroatoms. The molecule has 1 atom stereocenters. The van der Waals surface area contributed by atoms with Gasteiger partial charge in [-0.2, -0.15) is 0 Å². The first kappa shape index (κ1) is 12.9. The molecule has 0 aliphatic carbocycles. The predicted octanol–water partition coefficient (Wildman–Crippen LogP) is 2.87. The highest BCUT2D eigenvalue weighted by Crippen LogP contribution is 2.21. The molecule has 2 aromatic rings. The Morgan fingerprint density at radius 1 is 1.32 bits per heavy atom. The Labute approximate surface area is 110 Å². The number of aromatic nitrogens is 2. The monoisotopic (exact) mass is 258 g/mol. The van der Waals surface area contributed by atoms with Crippen LogP contribution in [0.3, 0.4) is 0 Å². The highest BCUT2D eigenvalue weighted by atomic mass is 16.6. The topological polar surface area (TPSA) is 81.0 Å². The summed E-state index contributed by atoms with van der Waals surface area (Å²) in [5, 5.41) is 13.9. The highest BCUT2D eigenvalue weighted by molar-refractivity contribution is 5.45. The lowest BCUT2D eigenvalue weighted by molar-refractivity contribution is -0.385. The summed E-state index contributed by atoms with van der Waals surface area (Å²) in [6.07, 6.45) is 1.72. The van der Waals surface area contributed by atoms with Crippen molar-refractivity contribution in [1.29, 1.82) is 0 Å². The molecule has 0 amide bonds. The van der Waals surface area contributed by atoms with Crippen molar-refractivity contribution in [3.8, 4) is 0 Å². The average Bonchev–Trinajstić information content (AvgIpc) is 2.39. The third-order valence-corrected chi connectivity index (χ3v) is 2.75. The SMILES string of the molecule is Cc1nc(NC(C)c2ccccn2)ccc1[N+](=O)[O-]. The second kappa shape index (κ2) is 5.43. The number of nitrogens with one attached hydrogen (secondary N) is 1. The normalized spacial score (nSPS) is 11.9. The molecular weight excluding hydrogens is 244 g/mol. The standard InChI is InChI=1S/C13H14N4O2/c1-9(11-5-3-4-8-14-11)15-13-7-6-12(17(18)19)10(2)16-13/h3-9H,1-2H3,(H,15,16). The van der Waals surface area contributed by atoms with Gasteiger partial charge in [0.1, 0.15) is 11.5 Å². The predicted molar refractivity (Wildman–Crippen MR) is 71.9 cm³/mol. The van der Waals surface area contributed by atoms with E-state index >= 15 is 0 Å². The van der Waals surface area contributed by atoms with Crippen molar-refractivity contribution in [2.45, 2.75) is 19.9 Å². The highest BCUT2D eigenvalue weighted by Gasteiger charge is 2.13. The molecule has 2 aromatic heterocycles. The Morgan fingerprint density at radius 2 is 2.11 bits per heavy atom. The lowest BCUT2D eigenvalue weighted by atomic mass is 10.2. The van der Waals surface area contributed by atoms with Crippen LogP contribution >= 0.6 is 0 Å². The van der Waals surface area contributed by atoms with Crippen molar-refractivity contribution in [2.75, 3.05) is 5.32 Å². The van der Waals surface area contributed by atoms with Crippen LogP contribution in [0.15, 0.2) is 36.5 Å². The number of rotatable bonds is 4. The van der Waals surface area contributed by atoms with Gasteiger partial charge >= 0.3 is 0 Å². The molecule has 0 bridgehead atoms. The Morgan fingerprint density at radius 3 is 2.68 bits per heavy atom. The molecule has 1 unspecified atom stereocenters. The van der Waals surface area contributed by atoms with E-state index < -0.39 is 4.92 Å². The van der Waals surface area contributed by atoms with E-state index in [2.05, 4.69) is 15.3 Å². The number of hydrogen-bond donors (Lipinski definition) is 1. The molecule has 1 N–H and O–H groups in total. The molecule has 0 aromatic carbocycles. The lowest BCUT2D eigenvalue weighted by Crippen LogP contribution is -2.10. The second-order valence-corrected chi connectivity index (χ2v) is 4.18. The van der Waals surface area contributed by atoms with Gasteiger partial charge in [-0.05, 0) is 32.0 Å². The molecule has 2 heterocycles. The van der Waals surface area contributed by atoms with Crippen molar-refractivity contribution in [2.24, 2.45) is 0 Å². The molecule has 0 aliphatic rings. The second-order valence-electron chi connectivity index (χ2n) is 4.18. The van der Waals surface area contributed by atoms with Crippen LogP contribution < -0.4 is 5.32 Å². The molecule has 6 nitrogen and oxygen atoms in total. The van der Waals surface area contributed by atoms with E-state index in [-0.39, 0.29) is 11.7 Å². The van der Waals surface area contributed by atoms with Crippen LogP contribution in [0.4, 0.5) is 11.5 Å². The molecule has 0 fully saturated rings. The average molecular weight is 258 g/mol. The molecule has 98 valence electrons. The summed E-state index contributed by atoms with van der Waals surface area (Å²) in [5.41, 5.74) is 1.31. The summed E-state index contributed by atoms with van der Waals surface area (Å²) in [4.78, 5) is 18.7. The van der Waals surface area contributed by atoms with Crippen molar-refractivity contribution in [3.63, 3.8) is 0 Å². The van der Waals surface area contributed by atoms with Gasteiger partial charge in [-0.1, -0.05) is 6.07 Å². The maximum atomic E-state index is 10.7. The molecule has 19 heavy (non-hydrogen) atoms. The van der Waals surface area contributed by atoms with Crippen molar-refractivity contribution in [1.82, 2.24) is 9.97 Å². The van der Waals surface area contributed by atoms with Gasteiger partial charge in [0.2, 0.25) is 0 Å². The van der Waals surface area contributed by atoms with E-state index in [1.807, 2.05) is 25.1 Å². The van der Waals surface area contributed by atoms with Crippen LogP contribution in [0, 0.1) is 17.0 Å². The quantitative estimate of drug-likeness (QED) is 0.673. The summed E-state index contributed by atoms with van der Waals surface area (Å²) >= 11 is 0. The van der Waals surface area contributed by atoms with Crippen LogP contribution in [0.25, 0.3) is 0 Å². The molecule has 2 rings (SSSR count). The van der Waals surface area contributed by atoms with E-state index in [0.717, 1.165) is 5.69 Å². The summed E-state index contributed by atoms with van der Waals surface area (Å²) in [5.74, 6) is 0.598. The lowest BCUT2D eigenvalue weighted by Gasteiger charge is -2.14. The van der Waals surface area contributed by atoms with Crippen LogP contribution in [0.1, 0.15) is 24.4 Å². The van der Waals surface area contributed by atoms with Gasteiger partial charge in [0.05, 0.1) is 16.7 Å². The minimum Gasteiger partial charge on any atom is -0.362 e. The molecule has 0 radical (unpaired) electrons. The zero-order valence-corrected chi connectivity index (χ0v) is 10.7. The van der Waals surface area contributed by atoms with Crippen molar-refractivity contribution < 1.29 is 4.92 Å². The van der Waals surface area contributed by atoms with Gasteiger partial charge in [0.15, 0.2) is 0 Å². The number of hydrogen-bond acceptors (Lipinski definition) is 5. The molecule has 0 saturated heterocycles. The summed E-state index contributed by atoms with van der Waals surface area (Å²) < 4.78 is 0. The number of pyridine rings is 2. The number of nitrogens with zero attached hydrogens (tertiary/aromatic N) is 3. The fourth-order valence-electron chi connectivity index (χ4n) is 1.75. The van der Waals surface area contributed by atoms with Crippen LogP contribution in [-0.2, 0) is 0 Å². The maximum Gasteiger partial charge on any atom is 0.290 e. The molecule has 0 spiro atoms. The molecule has 0 saturated carbocycles. The van der Waals surface area contributed by atoms with Crippen LogP contribution in [0.5, 0.6) is 0 Å². The van der Waals surface area contributed by atoms with Gasteiger partial charge in [0.25, 0.3) is 5.69 Å². The zero-order chi connectivity index (χ0) is 13.8. The summed E-state index contributed by atoms with van der Waals surface area (Å²) in [6, 6.07) is 8.71. The third-order valence-electron chi connectivity index (χ3n) is 2.75. The molecular formula is C13H14N4O2. The maximum absolute atomic E-state index is 10.7. The zero-order valence-electron chi connectivity index (χ0n) is 10.7. The first-order valence-corrected chi connectivity index (χ1v) is 5.87. The van der Waals surface area contributed by atoms with E-state index in [1.54, 1.807) is 19.2 Å². The fourth-order valence-corrected chi connectivity index (χ4v) is 1.75. The van der Waals surface area contributed by atoms with Gasteiger partial charge < -0.3 is 5.32 Å². The summed E-state index contributed by atoms with van der Waals surface area (Å²) in [7, 11) is 0. The summed E-state index contributed by atoms with van der Waals surface area (Å²) in [6.45, 7) is 3.58. The van der Waals surface area contributed by atoms with E-state index in [1.165, 1.54) is 6.07 Å². The van der Waals surface area contributed by atoms with E-state index in [9.17, 15) is 10.1 Å². The van der Waals surface area contributed by atoms with E-state index in [0.29, 0.717) is 11.5 Å². The van der Waals surface area contributed by atoms with Crippen molar-refractivity contribution in [3.05, 3.63) is 58.0 Å². The van der Waals surface area contributed by atoms with Crippen LogP contribution in [-0.4, -0.2) is 14.9 Å². The number of anilines is 1. The third kappa shape index (κ3) is 3.04. The Hall–Kier alpha value is -2.50. The minimum absolute atomic E-state index is 0.0189. The minimum atomic E-state index is -0.436. The Bertz CT molecular complexity index is 586. The largest absolute Gasteiger partial charge is 0.362 e. The first-order chi connectivity index (χ1) is 9.08. The van der Waals surface area contributed by atoms with Gasteiger partial charge in [-0.3, -0.25) is 15.1 Å². The van der Waals surface area contributed by atoms with Crippen LogP contribution in [0.2, 0.25) is 0 Å². The fraction of sp³-hybridized carbons (Fsp3) is 0.231. The van der Waals surface area contributed by atoms with Gasteiger partial charge in [0, 0.05) is 12.3 Å². The van der Waals surface area contributed by atoms with Crippen molar-refractivity contribution >= 4 is 11.5 Å². The van der Waals surface area contributed by atoms with Gasteiger partial charge in [-0.25, -0.2) is 4.98 Å². The van der Waals surface area contributed by atoms with E-state index in [4.69, 9.17) is 0 Å². The molecule has 0 aliphatic heterocycles. The number of aryl methyl sites for hydroxylation is 1.